The van der Waals surface area contributed by atoms with Crippen LogP contribution in [-0.2, 0) is 16.1 Å². The Bertz CT molecular complexity index is 1760. The highest BCUT2D eigenvalue weighted by atomic mass is 35.5. The minimum Gasteiger partial charge on any atom is -0.497 e. The second kappa shape index (κ2) is 11.9. The molecule has 3 aromatic carbocycles. The van der Waals surface area contributed by atoms with Crippen LogP contribution in [0, 0.1) is 0 Å². The molecule has 0 spiro atoms. The van der Waals surface area contributed by atoms with Crippen molar-refractivity contribution in [3.8, 4) is 11.5 Å². The van der Waals surface area contributed by atoms with E-state index in [1.54, 1.807) is 37.7 Å². The van der Waals surface area contributed by atoms with Crippen LogP contribution in [0.1, 0.15) is 36.6 Å². The van der Waals surface area contributed by atoms with E-state index in [-0.39, 0.29) is 12.2 Å². The molecule has 0 amide bonds. The Hall–Kier alpha value is -4.14. The van der Waals surface area contributed by atoms with E-state index in [1.807, 2.05) is 66.7 Å². The molecule has 0 bridgehead atoms. The van der Waals surface area contributed by atoms with Gasteiger partial charge in [0.2, 0.25) is 0 Å². The fourth-order valence-corrected chi connectivity index (χ4v) is 5.66. The van der Waals surface area contributed by atoms with Crippen LogP contribution in [0.3, 0.4) is 0 Å². The zero-order valence-electron chi connectivity index (χ0n) is 22.2. The number of benzene rings is 3. The highest BCUT2D eigenvalue weighted by Gasteiger charge is 2.33. The van der Waals surface area contributed by atoms with Gasteiger partial charge in [0.15, 0.2) is 4.80 Å². The number of esters is 1. The van der Waals surface area contributed by atoms with Crippen LogP contribution < -0.4 is 24.4 Å². The Labute approximate surface area is 240 Å². The molecule has 1 aliphatic rings. The van der Waals surface area contributed by atoms with Gasteiger partial charge < -0.3 is 14.2 Å². The van der Waals surface area contributed by atoms with Gasteiger partial charge in [-0.25, -0.2) is 9.79 Å². The molecular weight excluding hydrogens is 548 g/mol. The summed E-state index contributed by atoms with van der Waals surface area (Å²) in [6.45, 7) is 4.12. The Morgan fingerprint density at radius 1 is 1.07 bits per heavy atom. The number of hydrogen-bond acceptors (Lipinski definition) is 7. The van der Waals surface area contributed by atoms with Gasteiger partial charge in [-0.15, -0.1) is 0 Å². The predicted octanol–water partition coefficient (Wildman–Crippen LogP) is 5.04. The van der Waals surface area contributed by atoms with Crippen molar-refractivity contribution in [2.45, 2.75) is 26.5 Å². The van der Waals surface area contributed by atoms with E-state index in [4.69, 9.17) is 25.8 Å². The van der Waals surface area contributed by atoms with E-state index in [9.17, 15) is 9.59 Å². The number of methoxy groups -OCH3 is 1. The van der Waals surface area contributed by atoms with Crippen molar-refractivity contribution in [3.05, 3.63) is 125 Å². The molecule has 0 N–H and O–H groups in total. The summed E-state index contributed by atoms with van der Waals surface area (Å²) in [5, 5.41) is 0.672. The first-order valence-corrected chi connectivity index (χ1v) is 13.9. The van der Waals surface area contributed by atoms with Crippen molar-refractivity contribution >= 4 is 35.0 Å². The molecular formula is C31H27ClN2O5S. The number of aromatic nitrogens is 1. The lowest BCUT2D eigenvalue weighted by atomic mass is 9.96. The van der Waals surface area contributed by atoms with Gasteiger partial charge in [-0.3, -0.25) is 9.36 Å². The van der Waals surface area contributed by atoms with Crippen LogP contribution in [-0.4, -0.2) is 24.3 Å². The van der Waals surface area contributed by atoms with Gasteiger partial charge >= 0.3 is 5.97 Å². The third-order valence-electron chi connectivity index (χ3n) is 6.42. The number of halogens is 1. The summed E-state index contributed by atoms with van der Waals surface area (Å²) >= 11 is 7.25. The SMILES string of the molecule is CCOC(=O)C1=C(C)N=c2sc(=Cc3cccc(OCc4ccc(Cl)cc4)c3)c(=O)n2C1c1ccc(OC)cc1. The fourth-order valence-electron chi connectivity index (χ4n) is 4.49. The van der Waals surface area contributed by atoms with E-state index < -0.39 is 12.0 Å². The monoisotopic (exact) mass is 574 g/mol. The summed E-state index contributed by atoms with van der Waals surface area (Å²) < 4.78 is 18.7. The first kappa shape index (κ1) is 27.4. The molecule has 40 heavy (non-hydrogen) atoms. The minimum atomic E-state index is -0.683. The summed E-state index contributed by atoms with van der Waals surface area (Å²) in [5.74, 6) is 0.852. The summed E-state index contributed by atoms with van der Waals surface area (Å²) in [7, 11) is 1.59. The normalized spacial score (nSPS) is 14.9. The number of rotatable bonds is 8. The third kappa shape index (κ3) is 5.73. The van der Waals surface area contributed by atoms with Gasteiger partial charge in [-0.1, -0.05) is 59.3 Å². The van der Waals surface area contributed by atoms with E-state index in [1.165, 1.54) is 11.3 Å². The van der Waals surface area contributed by atoms with Crippen LogP contribution in [0.5, 0.6) is 11.5 Å². The summed E-state index contributed by atoms with van der Waals surface area (Å²) in [5.41, 5.74) is 3.17. The molecule has 7 nitrogen and oxygen atoms in total. The maximum Gasteiger partial charge on any atom is 0.338 e. The second-order valence-corrected chi connectivity index (χ2v) is 10.5. The largest absolute Gasteiger partial charge is 0.497 e. The van der Waals surface area contributed by atoms with Crippen molar-refractivity contribution in [2.24, 2.45) is 4.99 Å². The quantitative estimate of drug-likeness (QED) is 0.276. The average Bonchev–Trinajstić information content (AvgIpc) is 3.26. The Morgan fingerprint density at radius 3 is 2.52 bits per heavy atom. The van der Waals surface area contributed by atoms with Gasteiger partial charge in [-0.2, -0.15) is 0 Å². The zero-order chi connectivity index (χ0) is 28.2. The Kier molecular flexibility index (Phi) is 8.19. The van der Waals surface area contributed by atoms with E-state index >= 15 is 0 Å². The number of thiazole rings is 1. The standard InChI is InChI=1S/C31H27ClN2O5S/c1-4-38-30(36)27-19(2)33-31-34(28(27)22-10-14-24(37-3)15-11-22)29(35)26(40-31)17-21-6-5-7-25(16-21)39-18-20-8-12-23(32)13-9-20/h5-17,28H,4,18H2,1-3H3. The lowest BCUT2D eigenvalue weighted by molar-refractivity contribution is -0.139. The molecule has 0 saturated carbocycles. The first-order chi connectivity index (χ1) is 19.4. The maximum atomic E-state index is 13.8. The smallest absolute Gasteiger partial charge is 0.338 e. The number of fused-ring (bicyclic) bond motifs is 1. The molecule has 0 aliphatic carbocycles. The summed E-state index contributed by atoms with van der Waals surface area (Å²) in [6, 6.07) is 21.6. The highest BCUT2D eigenvalue weighted by Crippen LogP contribution is 2.31. The topological polar surface area (TPSA) is 79.1 Å². The number of allylic oxidation sites excluding steroid dienone is 1. The molecule has 1 aromatic heterocycles. The molecule has 0 fully saturated rings. The minimum absolute atomic E-state index is 0.214. The number of nitrogens with zero attached hydrogens (tertiary/aromatic N) is 2. The fraction of sp³-hybridized carbons (Fsp3) is 0.194. The summed E-state index contributed by atoms with van der Waals surface area (Å²) in [6.07, 6.45) is 1.81. The highest BCUT2D eigenvalue weighted by molar-refractivity contribution is 7.07. The van der Waals surface area contributed by atoms with Crippen LogP contribution in [0.4, 0.5) is 0 Å². The molecule has 0 saturated heterocycles. The van der Waals surface area contributed by atoms with Crippen LogP contribution >= 0.6 is 22.9 Å². The molecule has 0 radical (unpaired) electrons. The van der Waals surface area contributed by atoms with Crippen LogP contribution in [0.15, 0.2) is 93.9 Å². The molecule has 4 aromatic rings. The number of carbonyl (C=O) groups excluding carboxylic acids is 1. The van der Waals surface area contributed by atoms with Crippen molar-refractivity contribution in [3.63, 3.8) is 0 Å². The van der Waals surface area contributed by atoms with Crippen molar-refractivity contribution in [1.29, 1.82) is 0 Å². The van der Waals surface area contributed by atoms with Gasteiger partial charge in [0.25, 0.3) is 5.56 Å². The zero-order valence-corrected chi connectivity index (χ0v) is 23.8. The van der Waals surface area contributed by atoms with E-state index in [0.717, 1.165) is 16.7 Å². The predicted molar refractivity (Wildman–Crippen MR) is 156 cm³/mol. The number of carbonyl (C=O) groups is 1. The van der Waals surface area contributed by atoms with Crippen LogP contribution in [0.25, 0.3) is 6.08 Å². The number of ether oxygens (including phenoxy) is 3. The van der Waals surface area contributed by atoms with Gasteiger partial charge in [0.1, 0.15) is 18.1 Å². The summed E-state index contributed by atoms with van der Waals surface area (Å²) in [4.78, 5) is 32.0. The van der Waals surface area contributed by atoms with Crippen molar-refractivity contribution in [1.82, 2.24) is 4.57 Å². The molecule has 2 heterocycles. The third-order valence-corrected chi connectivity index (χ3v) is 7.66. The van der Waals surface area contributed by atoms with Crippen LogP contribution in [0.2, 0.25) is 5.02 Å². The average molecular weight is 575 g/mol. The Morgan fingerprint density at radius 2 is 1.82 bits per heavy atom. The molecule has 1 atom stereocenters. The molecule has 9 heteroatoms. The molecule has 5 rings (SSSR count). The molecule has 1 aliphatic heterocycles. The van der Waals surface area contributed by atoms with Gasteiger partial charge in [-0.05, 0) is 73.0 Å². The maximum absolute atomic E-state index is 13.8. The molecule has 204 valence electrons. The van der Waals surface area contributed by atoms with Gasteiger partial charge in [0.05, 0.1) is 35.6 Å². The Balaban J connectivity index is 1.53. The lowest BCUT2D eigenvalue weighted by Gasteiger charge is -2.24. The van der Waals surface area contributed by atoms with Crippen molar-refractivity contribution in [2.75, 3.05) is 13.7 Å². The van der Waals surface area contributed by atoms with Gasteiger partial charge in [0, 0.05) is 5.02 Å². The number of hydrogen-bond donors (Lipinski definition) is 0. The molecule has 1 unspecified atom stereocenters. The lowest BCUT2D eigenvalue weighted by Crippen LogP contribution is -2.39. The van der Waals surface area contributed by atoms with E-state index in [2.05, 4.69) is 4.99 Å². The van der Waals surface area contributed by atoms with Crippen molar-refractivity contribution < 1.29 is 19.0 Å². The van der Waals surface area contributed by atoms with E-state index in [0.29, 0.717) is 43.7 Å². The first-order valence-electron chi connectivity index (χ1n) is 12.7. The second-order valence-electron chi connectivity index (χ2n) is 9.06.